The highest BCUT2D eigenvalue weighted by Gasteiger charge is 2.32. The summed E-state index contributed by atoms with van der Waals surface area (Å²) in [4.78, 5) is 4.45. The molecule has 1 aliphatic rings. The van der Waals surface area contributed by atoms with E-state index in [-0.39, 0.29) is 11.7 Å². The number of nitrogens with zero attached hydrogens (tertiary/aromatic N) is 2. The molecular weight excluding hydrogens is 325 g/mol. The second-order valence-corrected chi connectivity index (χ2v) is 5.87. The molecule has 1 aromatic carbocycles. The standard InChI is InChI=1S/C14H15BrFN3O/c1-17-12-4-2-3-9(12)14-18-13(19-20-14)10-7-8(16)5-6-11(10)15/h5-7,9,12,17H,2-4H2,1H3. The molecular formula is C14H15BrFN3O. The Bertz CT molecular complexity index is 616. The number of likely N-dealkylation sites (N-methyl/N-ethyl adjacent to an activating group) is 1. The SMILES string of the molecule is CNC1CCCC1c1nc(-c2cc(F)ccc2Br)no1. The number of benzene rings is 1. The van der Waals surface area contributed by atoms with Crippen molar-refractivity contribution < 1.29 is 8.91 Å². The lowest BCUT2D eigenvalue weighted by Gasteiger charge is -2.14. The first-order valence-corrected chi connectivity index (χ1v) is 7.44. The maximum absolute atomic E-state index is 13.3. The molecule has 1 N–H and O–H groups in total. The fourth-order valence-electron chi connectivity index (χ4n) is 2.77. The Kier molecular flexibility index (Phi) is 3.85. The van der Waals surface area contributed by atoms with Gasteiger partial charge in [0.15, 0.2) is 0 Å². The lowest BCUT2D eigenvalue weighted by atomic mass is 10.0. The normalized spacial score (nSPS) is 22.4. The molecule has 6 heteroatoms. The summed E-state index contributed by atoms with van der Waals surface area (Å²) >= 11 is 3.38. The van der Waals surface area contributed by atoms with Crippen molar-refractivity contribution in [1.82, 2.24) is 15.5 Å². The highest BCUT2D eigenvalue weighted by Crippen LogP contribution is 2.35. The van der Waals surface area contributed by atoms with Crippen LogP contribution in [0, 0.1) is 5.82 Å². The summed E-state index contributed by atoms with van der Waals surface area (Å²) < 4.78 is 19.5. The predicted octanol–water partition coefficient (Wildman–Crippen LogP) is 3.49. The molecule has 0 spiro atoms. The molecule has 0 radical (unpaired) electrons. The highest BCUT2D eigenvalue weighted by molar-refractivity contribution is 9.10. The van der Waals surface area contributed by atoms with Crippen LogP contribution in [0.25, 0.3) is 11.4 Å². The van der Waals surface area contributed by atoms with E-state index in [1.807, 2.05) is 7.05 Å². The van der Waals surface area contributed by atoms with Crippen molar-refractivity contribution in [2.24, 2.45) is 0 Å². The first-order chi connectivity index (χ1) is 9.69. The van der Waals surface area contributed by atoms with E-state index in [0.29, 0.717) is 23.3 Å². The van der Waals surface area contributed by atoms with Crippen LogP contribution in [0.1, 0.15) is 31.1 Å². The Labute approximate surface area is 124 Å². The van der Waals surface area contributed by atoms with Crippen molar-refractivity contribution in [2.45, 2.75) is 31.2 Å². The van der Waals surface area contributed by atoms with Gasteiger partial charge < -0.3 is 9.84 Å². The van der Waals surface area contributed by atoms with Gasteiger partial charge in [-0.3, -0.25) is 0 Å². The lowest BCUT2D eigenvalue weighted by molar-refractivity contribution is 0.335. The minimum Gasteiger partial charge on any atom is -0.339 e. The fraction of sp³-hybridized carbons (Fsp3) is 0.429. The van der Waals surface area contributed by atoms with Crippen molar-refractivity contribution in [3.8, 4) is 11.4 Å². The summed E-state index contributed by atoms with van der Waals surface area (Å²) in [6.07, 6.45) is 3.30. The van der Waals surface area contributed by atoms with Crippen LogP contribution < -0.4 is 5.32 Å². The number of hydrogen-bond acceptors (Lipinski definition) is 4. The minimum atomic E-state index is -0.316. The monoisotopic (exact) mass is 339 g/mol. The van der Waals surface area contributed by atoms with E-state index >= 15 is 0 Å². The second kappa shape index (κ2) is 5.61. The van der Waals surface area contributed by atoms with Gasteiger partial charge in [-0.05, 0) is 38.1 Å². The minimum absolute atomic E-state index is 0.244. The Hall–Kier alpha value is -1.27. The van der Waals surface area contributed by atoms with Crippen LogP contribution in [-0.2, 0) is 0 Å². The summed E-state index contributed by atoms with van der Waals surface area (Å²) in [5.41, 5.74) is 0.610. The Morgan fingerprint density at radius 3 is 3.05 bits per heavy atom. The summed E-state index contributed by atoms with van der Waals surface area (Å²) in [6.45, 7) is 0. The van der Waals surface area contributed by atoms with Crippen LogP contribution in [0.2, 0.25) is 0 Å². The van der Waals surface area contributed by atoms with Crippen LogP contribution >= 0.6 is 15.9 Å². The predicted molar refractivity (Wildman–Crippen MR) is 76.8 cm³/mol. The molecule has 20 heavy (non-hydrogen) atoms. The summed E-state index contributed by atoms with van der Waals surface area (Å²) in [6, 6.07) is 4.82. The lowest BCUT2D eigenvalue weighted by Crippen LogP contribution is -2.27. The van der Waals surface area contributed by atoms with Gasteiger partial charge in [-0.2, -0.15) is 4.98 Å². The largest absolute Gasteiger partial charge is 0.339 e. The van der Waals surface area contributed by atoms with Crippen molar-refractivity contribution in [3.63, 3.8) is 0 Å². The molecule has 2 atom stereocenters. The van der Waals surface area contributed by atoms with Gasteiger partial charge >= 0.3 is 0 Å². The van der Waals surface area contributed by atoms with Crippen LogP contribution in [0.15, 0.2) is 27.2 Å². The topological polar surface area (TPSA) is 51.0 Å². The van der Waals surface area contributed by atoms with Crippen LogP contribution in [0.5, 0.6) is 0 Å². The summed E-state index contributed by atoms with van der Waals surface area (Å²) in [5, 5.41) is 7.28. The fourth-order valence-corrected chi connectivity index (χ4v) is 3.19. The molecule has 1 heterocycles. The third-order valence-corrected chi connectivity index (χ3v) is 4.51. The highest BCUT2D eigenvalue weighted by atomic mass is 79.9. The van der Waals surface area contributed by atoms with E-state index in [1.165, 1.54) is 12.1 Å². The van der Waals surface area contributed by atoms with Crippen LogP contribution in [0.3, 0.4) is 0 Å². The first-order valence-electron chi connectivity index (χ1n) is 6.65. The van der Waals surface area contributed by atoms with Crippen molar-refractivity contribution in [3.05, 3.63) is 34.4 Å². The maximum atomic E-state index is 13.3. The molecule has 1 aliphatic carbocycles. The molecule has 2 aromatic rings. The molecule has 0 amide bonds. The molecule has 1 aromatic heterocycles. The molecule has 0 bridgehead atoms. The third kappa shape index (κ3) is 2.50. The van der Waals surface area contributed by atoms with Crippen LogP contribution in [0.4, 0.5) is 4.39 Å². The Morgan fingerprint density at radius 1 is 1.40 bits per heavy atom. The molecule has 4 nitrogen and oxygen atoms in total. The van der Waals surface area contributed by atoms with E-state index < -0.39 is 0 Å². The molecule has 1 fully saturated rings. The average molecular weight is 340 g/mol. The Morgan fingerprint density at radius 2 is 2.25 bits per heavy atom. The van der Waals surface area contributed by atoms with Crippen molar-refractivity contribution in [2.75, 3.05) is 7.05 Å². The quantitative estimate of drug-likeness (QED) is 0.929. The van der Waals surface area contributed by atoms with Gasteiger partial charge in [0.05, 0.1) is 5.92 Å². The summed E-state index contributed by atoms with van der Waals surface area (Å²) in [5.74, 6) is 0.984. The smallest absolute Gasteiger partial charge is 0.231 e. The molecule has 3 rings (SSSR count). The molecule has 2 unspecified atom stereocenters. The zero-order valence-electron chi connectivity index (χ0n) is 11.1. The average Bonchev–Trinajstić information content (AvgIpc) is 3.08. The molecule has 0 saturated heterocycles. The zero-order valence-corrected chi connectivity index (χ0v) is 12.7. The van der Waals surface area contributed by atoms with Gasteiger partial charge in [-0.15, -0.1) is 0 Å². The van der Waals surface area contributed by atoms with Gasteiger partial charge in [0.1, 0.15) is 5.82 Å². The number of rotatable bonds is 3. The molecule has 1 saturated carbocycles. The number of nitrogens with one attached hydrogen (secondary N) is 1. The second-order valence-electron chi connectivity index (χ2n) is 5.01. The zero-order chi connectivity index (χ0) is 14.1. The number of hydrogen-bond donors (Lipinski definition) is 1. The van der Waals surface area contributed by atoms with Crippen LogP contribution in [-0.4, -0.2) is 23.2 Å². The van der Waals surface area contributed by atoms with E-state index in [1.54, 1.807) is 6.07 Å². The van der Waals surface area contributed by atoms with E-state index in [2.05, 4.69) is 31.4 Å². The van der Waals surface area contributed by atoms with Crippen molar-refractivity contribution >= 4 is 15.9 Å². The van der Waals surface area contributed by atoms with Gasteiger partial charge in [-0.1, -0.05) is 27.5 Å². The van der Waals surface area contributed by atoms with E-state index in [9.17, 15) is 4.39 Å². The summed E-state index contributed by atoms with van der Waals surface area (Å²) in [7, 11) is 1.95. The van der Waals surface area contributed by atoms with Gasteiger partial charge in [-0.25, -0.2) is 4.39 Å². The Balaban J connectivity index is 1.92. The van der Waals surface area contributed by atoms with Gasteiger partial charge in [0.25, 0.3) is 0 Å². The molecule has 106 valence electrons. The maximum Gasteiger partial charge on any atom is 0.231 e. The molecule has 0 aliphatic heterocycles. The first kappa shape index (κ1) is 13.7. The van der Waals surface area contributed by atoms with E-state index in [0.717, 1.165) is 23.7 Å². The van der Waals surface area contributed by atoms with Crippen molar-refractivity contribution in [1.29, 1.82) is 0 Å². The number of aromatic nitrogens is 2. The van der Waals surface area contributed by atoms with Gasteiger partial charge in [0.2, 0.25) is 11.7 Å². The number of halogens is 2. The third-order valence-electron chi connectivity index (χ3n) is 3.81. The van der Waals surface area contributed by atoms with E-state index in [4.69, 9.17) is 4.52 Å². The van der Waals surface area contributed by atoms with Gasteiger partial charge in [0, 0.05) is 16.1 Å².